The average molecular weight is 373 g/mol. The van der Waals surface area contributed by atoms with Gasteiger partial charge in [-0.3, -0.25) is 14.5 Å². The molecule has 3 N–H and O–H groups in total. The molecule has 0 aromatic heterocycles. The molecule has 144 valence electrons. The molecule has 0 fully saturated rings. The molecule has 0 spiro atoms. The summed E-state index contributed by atoms with van der Waals surface area (Å²) < 4.78 is 18.8. The number of likely N-dealkylation sites (N-methyl/N-ethyl adjacent to an activating group) is 1. The minimum atomic E-state index is -0.523. The number of benzene rings is 2. The number of hydrogen-bond donors (Lipinski definition) is 2. The van der Waals surface area contributed by atoms with E-state index in [4.69, 9.17) is 10.5 Å². The number of methoxy groups -OCH3 is 1. The van der Waals surface area contributed by atoms with E-state index in [9.17, 15) is 14.0 Å². The Labute approximate surface area is 158 Å². The standard InChI is InChI=1S/C20H24FN3O3/c1-4-24(12-14-5-10-18(27-3)17(21)11-14)13(2)20(26)23-16-8-6-15(7-9-16)19(22)25/h5-11,13H,4,12H2,1-3H3,(H2,22,25)(H,23,26)/t13-/m1/s1. The molecule has 2 aromatic rings. The molecule has 2 amide bonds. The third-order valence-electron chi connectivity index (χ3n) is 4.37. The maximum absolute atomic E-state index is 13.9. The van der Waals surface area contributed by atoms with Crippen LogP contribution >= 0.6 is 0 Å². The van der Waals surface area contributed by atoms with E-state index < -0.39 is 17.8 Å². The van der Waals surface area contributed by atoms with Crippen molar-refractivity contribution in [3.63, 3.8) is 0 Å². The van der Waals surface area contributed by atoms with Gasteiger partial charge in [0, 0.05) is 17.8 Å². The molecule has 1 atom stereocenters. The smallest absolute Gasteiger partial charge is 0.248 e. The van der Waals surface area contributed by atoms with Crippen LogP contribution in [0, 0.1) is 5.82 Å². The van der Waals surface area contributed by atoms with E-state index in [1.165, 1.54) is 13.2 Å². The highest BCUT2D eigenvalue weighted by atomic mass is 19.1. The van der Waals surface area contributed by atoms with Crippen LogP contribution in [0.25, 0.3) is 0 Å². The number of primary amides is 1. The third kappa shape index (κ3) is 5.27. The number of anilines is 1. The number of nitrogens with zero attached hydrogens (tertiary/aromatic N) is 1. The van der Waals surface area contributed by atoms with E-state index in [1.807, 2.05) is 11.8 Å². The van der Waals surface area contributed by atoms with Crippen molar-refractivity contribution in [1.29, 1.82) is 0 Å². The monoisotopic (exact) mass is 373 g/mol. The lowest BCUT2D eigenvalue weighted by Crippen LogP contribution is -2.41. The maximum Gasteiger partial charge on any atom is 0.248 e. The number of amides is 2. The summed E-state index contributed by atoms with van der Waals surface area (Å²) in [6.45, 7) is 4.76. The van der Waals surface area contributed by atoms with Gasteiger partial charge in [0.05, 0.1) is 13.2 Å². The minimum Gasteiger partial charge on any atom is -0.494 e. The highest BCUT2D eigenvalue weighted by Gasteiger charge is 2.21. The van der Waals surface area contributed by atoms with Crippen molar-refractivity contribution in [3.05, 3.63) is 59.4 Å². The van der Waals surface area contributed by atoms with Crippen LogP contribution < -0.4 is 15.8 Å². The van der Waals surface area contributed by atoms with Gasteiger partial charge in [0.2, 0.25) is 11.8 Å². The van der Waals surface area contributed by atoms with Gasteiger partial charge in [-0.25, -0.2) is 4.39 Å². The van der Waals surface area contributed by atoms with Crippen LogP contribution in [0.4, 0.5) is 10.1 Å². The maximum atomic E-state index is 13.9. The van der Waals surface area contributed by atoms with Gasteiger partial charge in [-0.1, -0.05) is 13.0 Å². The van der Waals surface area contributed by atoms with E-state index in [0.717, 1.165) is 5.56 Å². The number of rotatable bonds is 8. The second-order valence-corrected chi connectivity index (χ2v) is 6.14. The minimum absolute atomic E-state index is 0.187. The third-order valence-corrected chi connectivity index (χ3v) is 4.37. The Balaban J connectivity index is 2.04. The Bertz CT molecular complexity index is 809. The van der Waals surface area contributed by atoms with Gasteiger partial charge in [-0.2, -0.15) is 0 Å². The summed E-state index contributed by atoms with van der Waals surface area (Å²) >= 11 is 0. The fraction of sp³-hybridized carbons (Fsp3) is 0.300. The van der Waals surface area contributed by atoms with Crippen LogP contribution in [0.3, 0.4) is 0 Å². The molecule has 7 heteroatoms. The van der Waals surface area contributed by atoms with Crippen LogP contribution in [0.15, 0.2) is 42.5 Å². The molecule has 0 aliphatic heterocycles. The summed E-state index contributed by atoms with van der Waals surface area (Å²) in [4.78, 5) is 25.6. The SMILES string of the molecule is CCN(Cc1ccc(OC)c(F)c1)[C@H](C)C(=O)Nc1ccc(C(N)=O)cc1. The molecule has 0 saturated carbocycles. The number of nitrogens with one attached hydrogen (secondary N) is 1. The van der Waals surface area contributed by atoms with Gasteiger partial charge >= 0.3 is 0 Å². The first-order valence-electron chi connectivity index (χ1n) is 8.63. The molecular formula is C20H24FN3O3. The topological polar surface area (TPSA) is 84.7 Å². The average Bonchev–Trinajstić information content (AvgIpc) is 2.66. The summed E-state index contributed by atoms with van der Waals surface area (Å²) in [5.74, 6) is -0.965. The number of nitrogens with two attached hydrogens (primary N) is 1. The number of carbonyl (C=O) groups is 2. The second kappa shape index (κ2) is 9.14. The molecule has 6 nitrogen and oxygen atoms in total. The molecule has 0 radical (unpaired) electrons. The van der Waals surface area contributed by atoms with Crippen LogP contribution in [0.5, 0.6) is 5.75 Å². The van der Waals surface area contributed by atoms with Crippen molar-refractivity contribution in [2.45, 2.75) is 26.4 Å². The van der Waals surface area contributed by atoms with E-state index >= 15 is 0 Å². The Morgan fingerprint density at radius 2 is 1.89 bits per heavy atom. The summed E-state index contributed by atoms with van der Waals surface area (Å²) in [5, 5.41) is 2.81. The summed E-state index contributed by atoms with van der Waals surface area (Å²) in [5.41, 5.74) is 6.90. The molecule has 0 unspecified atom stereocenters. The van der Waals surface area contributed by atoms with Crippen molar-refractivity contribution in [2.75, 3.05) is 19.0 Å². The van der Waals surface area contributed by atoms with Crippen molar-refractivity contribution in [1.82, 2.24) is 4.90 Å². The van der Waals surface area contributed by atoms with Crippen molar-refractivity contribution in [2.24, 2.45) is 5.73 Å². The summed E-state index contributed by atoms with van der Waals surface area (Å²) in [6.07, 6.45) is 0. The van der Waals surface area contributed by atoms with Gasteiger partial charge < -0.3 is 15.8 Å². The van der Waals surface area contributed by atoms with Crippen LogP contribution in [-0.4, -0.2) is 36.4 Å². The molecule has 0 heterocycles. The molecular weight excluding hydrogens is 349 g/mol. The number of carbonyl (C=O) groups excluding carboxylic acids is 2. The van der Waals surface area contributed by atoms with Gasteiger partial charge in [0.25, 0.3) is 0 Å². The Morgan fingerprint density at radius 3 is 2.41 bits per heavy atom. The number of hydrogen-bond acceptors (Lipinski definition) is 4. The van der Waals surface area contributed by atoms with Crippen LogP contribution in [0.1, 0.15) is 29.8 Å². The Hall–Kier alpha value is -2.93. The first-order valence-corrected chi connectivity index (χ1v) is 8.63. The van der Waals surface area contributed by atoms with Gasteiger partial charge in [0.15, 0.2) is 11.6 Å². The van der Waals surface area contributed by atoms with Gasteiger partial charge in [-0.15, -0.1) is 0 Å². The van der Waals surface area contributed by atoms with E-state index in [0.29, 0.717) is 24.3 Å². The first-order chi connectivity index (χ1) is 12.8. The zero-order chi connectivity index (χ0) is 20.0. The second-order valence-electron chi connectivity index (χ2n) is 6.14. The lowest BCUT2D eigenvalue weighted by Gasteiger charge is -2.27. The fourth-order valence-electron chi connectivity index (χ4n) is 2.70. The zero-order valence-corrected chi connectivity index (χ0v) is 15.7. The Morgan fingerprint density at radius 1 is 1.22 bits per heavy atom. The molecule has 2 rings (SSSR count). The predicted molar refractivity (Wildman–Crippen MR) is 102 cm³/mol. The lowest BCUT2D eigenvalue weighted by atomic mass is 10.1. The Kier molecular flexibility index (Phi) is 6.90. The summed E-state index contributed by atoms with van der Waals surface area (Å²) in [6, 6.07) is 10.7. The predicted octanol–water partition coefficient (Wildman–Crippen LogP) is 2.78. The normalized spacial score (nSPS) is 11.9. The largest absolute Gasteiger partial charge is 0.494 e. The highest BCUT2D eigenvalue weighted by molar-refractivity contribution is 5.96. The molecule has 27 heavy (non-hydrogen) atoms. The number of ether oxygens (including phenoxy) is 1. The van der Waals surface area contributed by atoms with Gasteiger partial charge in [0.1, 0.15) is 0 Å². The van der Waals surface area contributed by atoms with Crippen molar-refractivity contribution >= 4 is 17.5 Å². The highest BCUT2D eigenvalue weighted by Crippen LogP contribution is 2.19. The fourth-order valence-corrected chi connectivity index (χ4v) is 2.70. The lowest BCUT2D eigenvalue weighted by molar-refractivity contribution is -0.120. The van der Waals surface area contributed by atoms with Crippen LogP contribution in [-0.2, 0) is 11.3 Å². The quantitative estimate of drug-likeness (QED) is 0.745. The first kappa shape index (κ1) is 20.4. The van der Waals surface area contributed by atoms with Crippen molar-refractivity contribution in [3.8, 4) is 5.75 Å². The van der Waals surface area contributed by atoms with E-state index in [2.05, 4.69) is 5.32 Å². The number of halogens is 1. The molecule has 0 aliphatic carbocycles. The van der Waals surface area contributed by atoms with E-state index in [-0.39, 0.29) is 11.7 Å². The summed E-state index contributed by atoms with van der Waals surface area (Å²) in [7, 11) is 1.42. The molecule has 0 aliphatic rings. The van der Waals surface area contributed by atoms with Crippen LogP contribution in [0.2, 0.25) is 0 Å². The molecule has 2 aromatic carbocycles. The molecule has 0 bridgehead atoms. The zero-order valence-electron chi connectivity index (χ0n) is 15.7. The molecule has 0 saturated heterocycles. The van der Waals surface area contributed by atoms with E-state index in [1.54, 1.807) is 43.3 Å². The van der Waals surface area contributed by atoms with Crippen molar-refractivity contribution < 1.29 is 18.7 Å². The van der Waals surface area contributed by atoms with Gasteiger partial charge in [-0.05, 0) is 55.4 Å².